The van der Waals surface area contributed by atoms with Gasteiger partial charge in [0.2, 0.25) is 0 Å². The van der Waals surface area contributed by atoms with Crippen LogP contribution in [0.1, 0.15) is 49.6 Å². The minimum Gasteiger partial charge on any atom is -0.378 e. The second-order valence-corrected chi connectivity index (χ2v) is 9.71. The van der Waals surface area contributed by atoms with E-state index in [4.69, 9.17) is 9.72 Å². The molecule has 0 bridgehead atoms. The summed E-state index contributed by atoms with van der Waals surface area (Å²) in [5, 5.41) is 4.69. The number of ether oxygens (including phenoxy) is 1. The van der Waals surface area contributed by atoms with Crippen molar-refractivity contribution in [3.05, 3.63) is 64.0 Å². The monoisotopic (exact) mass is 458 g/mol. The number of aromatic nitrogens is 5. The molecule has 0 aliphatic carbocycles. The van der Waals surface area contributed by atoms with Crippen molar-refractivity contribution in [1.29, 1.82) is 0 Å². The van der Waals surface area contributed by atoms with Crippen molar-refractivity contribution in [2.75, 3.05) is 19.8 Å². The SMILES string of the molecule is CCc1nc(C)cn2nc(-c3cc(=O)n4cc(C5CCN(C6COC6)[C@H](C)C5)ccc4n3)cc12. The average molecular weight is 459 g/mol. The Bertz CT molecular complexity index is 1440. The zero-order valence-electron chi connectivity index (χ0n) is 19.9. The largest absolute Gasteiger partial charge is 0.378 e. The summed E-state index contributed by atoms with van der Waals surface area (Å²) in [6, 6.07) is 8.76. The molecule has 4 aromatic heterocycles. The molecular formula is C26H30N6O2. The summed E-state index contributed by atoms with van der Waals surface area (Å²) < 4.78 is 8.90. The van der Waals surface area contributed by atoms with Gasteiger partial charge in [-0.2, -0.15) is 5.10 Å². The first-order chi connectivity index (χ1) is 16.5. The summed E-state index contributed by atoms with van der Waals surface area (Å²) in [5.41, 5.74) is 5.91. The van der Waals surface area contributed by atoms with Gasteiger partial charge in [0, 0.05) is 18.3 Å². The van der Waals surface area contributed by atoms with Crippen LogP contribution >= 0.6 is 0 Å². The maximum atomic E-state index is 13.1. The van der Waals surface area contributed by atoms with Crippen molar-refractivity contribution >= 4 is 11.2 Å². The normalized spacial score (nSPS) is 21.9. The predicted octanol–water partition coefficient (Wildman–Crippen LogP) is 3.24. The number of hydrogen-bond donors (Lipinski definition) is 0. The van der Waals surface area contributed by atoms with Gasteiger partial charge in [0.1, 0.15) is 11.3 Å². The van der Waals surface area contributed by atoms with E-state index in [9.17, 15) is 4.79 Å². The fourth-order valence-electron chi connectivity index (χ4n) is 5.51. The van der Waals surface area contributed by atoms with Crippen LogP contribution in [0, 0.1) is 6.92 Å². The summed E-state index contributed by atoms with van der Waals surface area (Å²) in [6.45, 7) is 9.14. The number of likely N-dealkylation sites (tertiary alicyclic amines) is 1. The molecule has 2 aliphatic rings. The Morgan fingerprint density at radius 1 is 1.12 bits per heavy atom. The molecule has 2 saturated heterocycles. The second-order valence-electron chi connectivity index (χ2n) is 9.71. The van der Waals surface area contributed by atoms with Crippen molar-refractivity contribution in [3.63, 3.8) is 0 Å². The molecule has 6 heterocycles. The van der Waals surface area contributed by atoms with E-state index in [1.54, 1.807) is 10.5 Å². The molecule has 176 valence electrons. The molecule has 4 aromatic rings. The van der Waals surface area contributed by atoms with E-state index in [-0.39, 0.29) is 5.56 Å². The molecule has 0 aromatic carbocycles. The van der Waals surface area contributed by atoms with Gasteiger partial charge >= 0.3 is 0 Å². The summed E-state index contributed by atoms with van der Waals surface area (Å²) in [5.74, 6) is 0.449. The number of pyridine rings is 1. The molecule has 6 rings (SSSR count). The van der Waals surface area contributed by atoms with Gasteiger partial charge in [-0.05, 0) is 63.3 Å². The van der Waals surface area contributed by atoms with Gasteiger partial charge in [-0.3, -0.25) is 19.1 Å². The fraction of sp³-hybridized carbons (Fsp3) is 0.462. The maximum absolute atomic E-state index is 13.1. The molecule has 0 N–H and O–H groups in total. The highest BCUT2D eigenvalue weighted by Gasteiger charge is 2.34. The summed E-state index contributed by atoms with van der Waals surface area (Å²) in [4.78, 5) is 25.1. The molecule has 34 heavy (non-hydrogen) atoms. The van der Waals surface area contributed by atoms with Crippen LogP contribution in [0.15, 0.2) is 41.5 Å². The van der Waals surface area contributed by atoms with Crippen LogP contribution in [0.2, 0.25) is 0 Å². The Morgan fingerprint density at radius 3 is 2.71 bits per heavy atom. The Morgan fingerprint density at radius 2 is 1.97 bits per heavy atom. The Kier molecular flexibility index (Phi) is 5.22. The lowest BCUT2D eigenvalue weighted by Gasteiger charge is -2.45. The zero-order valence-corrected chi connectivity index (χ0v) is 19.9. The number of hydrogen-bond acceptors (Lipinski definition) is 6. The second kappa shape index (κ2) is 8.29. The van der Waals surface area contributed by atoms with Crippen molar-refractivity contribution in [3.8, 4) is 11.4 Å². The first kappa shape index (κ1) is 21.4. The quantitative estimate of drug-likeness (QED) is 0.467. The van der Waals surface area contributed by atoms with Gasteiger partial charge < -0.3 is 4.74 Å². The molecule has 2 aliphatic heterocycles. The number of fused-ring (bicyclic) bond motifs is 2. The Hall–Kier alpha value is -3.10. The number of nitrogens with zero attached hydrogens (tertiary/aromatic N) is 6. The van der Waals surface area contributed by atoms with Crippen LogP contribution in [0.25, 0.3) is 22.6 Å². The molecule has 0 amide bonds. The third kappa shape index (κ3) is 3.61. The molecular weight excluding hydrogens is 428 g/mol. The lowest BCUT2D eigenvalue weighted by atomic mass is 9.85. The van der Waals surface area contributed by atoms with Gasteiger partial charge in [-0.1, -0.05) is 13.0 Å². The van der Waals surface area contributed by atoms with Crippen molar-refractivity contribution < 1.29 is 4.74 Å². The molecule has 2 atom stereocenters. The van der Waals surface area contributed by atoms with Gasteiger partial charge in [0.25, 0.3) is 5.56 Å². The smallest absolute Gasteiger partial charge is 0.258 e. The van der Waals surface area contributed by atoms with Gasteiger partial charge in [-0.15, -0.1) is 0 Å². The third-order valence-electron chi connectivity index (χ3n) is 7.42. The summed E-state index contributed by atoms with van der Waals surface area (Å²) in [7, 11) is 0. The van der Waals surface area contributed by atoms with Crippen LogP contribution in [0.3, 0.4) is 0 Å². The molecule has 0 saturated carbocycles. The fourth-order valence-corrected chi connectivity index (χ4v) is 5.51. The highest BCUT2D eigenvalue weighted by atomic mass is 16.5. The number of rotatable bonds is 4. The van der Waals surface area contributed by atoms with E-state index in [0.717, 1.165) is 55.9 Å². The van der Waals surface area contributed by atoms with Crippen molar-refractivity contribution in [2.24, 2.45) is 0 Å². The molecule has 0 spiro atoms. The van der Waals surface area contributed by atoms with Crippen LogP contribution in [-0.2, 0) is 11.2 Å². The maximum Gasteiger partial charge on any atom is 0.258 e. The van der Waals surface area contributed by atoms with Crippen LogP contribution in [-0.4, -0.2) is 60.7 Å². The van der Waals surface area contributed by atoms with Crippen LogP contribution in [0.4, 0.5) is 0 Å². The first-order valence-corrected chi connectivity index (χ1v) is 12.2. The molecule has 8 heteroatoms. The molecule has 0 radical (unpaired) electrons. The third-order valence-corrected chi connectivity index (χ3v) is 7.42. The molecule has 8 nitrogen and oxygen atoms in total. The van der Waals surface area contributed by atoms with E-state index in [2.05, 4.69) is 34.9 Å². The Balaban J connectivity index is 1.31. The Labute approximate surface area is 198 Å². The van der Waals surface area contributed by atoms with Gasteiger partial charge in [0.05, 0.1) is 48.1 Å². The lowest BCUT2D eigenvalue weighted by molar-refractivity contribution is -0.0862. The zero-order chi connectivity index (χ0) is 23.4. The minimum atomic E-state index is -0.0824. The van der Waals surface area contributed by atoms with Crippen LogP contribution < -0.4 is 5.56 Å². The van der Waals surface area contributed by atoms with E-state index in [0.29, 0.717) is 35.0 Å². The highest BCUT2D eigenvalue weighted by molar-refractivity contribution is 5.66. The van der Waals surface area contributed by atoms with Crippen molar-refractivity contribution in [2.45, 2.75) is 58.0 Å². The number of aryl methyl sites for hydroxylation is 2. The highest BCUT2D eigenvalue weighted by Crippen LogP contribution is 2.33. The molecule has 1 unspecified atom stereocenters. The minimum absolute atomic E-state index is 0.0824. The lowest BCUT2D eigenvalue weighted by Crippen LogP contribution is -2.55. The van der Waals surface area contributed by atoms with Crippen LogP contribution in [0.5, 0.6) is 0 Å². The van der Waals surface area contributed by atoms with E-state index < -0.39 is 0 Å². The standard InChI is InChI=1S/C26H30N6O2/c1-4-21-24-10-23(29-32(24)12-16(2)27-21)22-11-26(33)31-13-19(5-6-25(31)28-22)18-7-8-30(17(3)9-18)20-14-34-15-20/h5-6,10-13,17-18,20H,4,7-9,14-15H2,1-3H3/t17-,18?/m1/s1. The van der Waals surface area contributed by atoms with Crippen molar-refractivity contribution in [1.82, 2.24) is 28.9 Å². The summed E-state index contributed by atoms with van der Waals surface area (Å²) >= 11 is 0. The van der Waals surface area contributed by atoms with Gasteiger partial charge in [-0.25, -0.2) is 9.50 Å². The van der Waals surface area contributed by atoms with Gasteiger partial charge in [0.15, 0.2) is 0 Å². The summed E-state index contributed by atoms with van der Waals surface area (Å²) in [6.07, 6.45) is 6.90. The van der Waals surface area contributed by atoms with E-state index >= 15 is 0 Å². The van der Waals surface area contributed by atoms with E-state index in [1.165, 1.54) is 5.56 Å². The topological polar surface area (TPSA) is 77.0 Å². The first-order valence-electron chi connectivity index (χ1n) is 12.2. The predicted molar refractivity (Wildman–Crippen MR) is 130 cm³/mol. The van der Waals surface area contributed by atoms with E-state index in [1.807, 2.05) is 36.0 Å². The average Bonchev–Trinajstić information content (AvgIpc) is 3.22. The number of piperidine rings is 1. The molecule has 2 fully saturated rings.